The second kappa shape index (κ2) is 6.22. The van der Waals surface area contributed by atoms with Gasteiger partial charge in [-0.15, -0.1) is 11.3 Å². The van der Waals surface area contributed by atoms with Gasteiger partial charge in [0, 0.05) is 10.9 Å². The van der Waals surface area contributed by atoms with Gasteiger partial charge in [0.25, 0.3) is 0 Å². The van der Waals surface area contributed by atoms with Gasteiger partial charge in [-0.2, -0.15) is 0 Å². The molecule has 118 valence electrons. The zero-order chi connectivity index (χ0) is 15.6. The van der Waals surface area contributed by atoms with E-state index in [1.165, 1.54) is 11.3 Å². The minimum atomic E-state index is -0.399. The monoisotopic (exact) mass is 319 g/mol. The SMILES string of the molecule is CC1(N)CCCCC1C(=O)NCc1csc(-c2ccco2)n1. The van der Waals surface area contributed by atoms with Crippen molar-refractivity contribution >= 4 is 17.2 Å². The molecular formula is C16H21N3O2S. The number of nitrogens with two attached hydrogens (primary N) is 1. The molecule has 2 unspecified atom stereocenters. The lowest BCUT2D eigenvalue weighted by Gasteiger charge is -2.37. The number of aromatic nitrogens is 1. The summed E-state index contributed by atoms with van der Waals surface area (Å²) in [5, 5.41) is 5.75. The first-order chi connectivity index (χ1) is 10.6. The van der Waals surface area contributed by atoms with Crippen molar-refractivity contribution in [2.75, 3.05) is 0 Å². The Morgan fingerprint density at radius 3 is 3.18 bits per heavy atom. The summed E-state index contributed by atoms with van der Waals surface area (Å²) in [6, 6.07) is 3.71. The molecule has 0 aliphatic heterocycles. The quantitative estimate of drug-likeness (QED) is 0.908. The molecule has 2 aromatic rings. The van der Waals surface area contributed by atoms with Crippen LogP contribution in [0.15, 0.2) is 28.2 Å². The molecule has 1 saturated carbocycles. The number of nitrogens with zero attached hydrogens (tertiary/aromatic N) is 1. The molecule has 0 saturated heterocycles. The van der Waals surface area contributed by atoms with Crippen LogP contribution in [-0.4, -0.2) is 16.4 Å². The molecule has 0 radical (unpaired) electrons. The Labute approximate surface area is 133 Å². The van der Waals surface area contributed by atoms with Crippen molar-refractivity contribution < 1.29 is 9.21 Å². The number of thiazole rings is 1. The molecule has 1 aliphatic carbocycles. The maximum atomic E-state index is 12.4. The first-order valence-electron chi connectivity index (χ1n) is 7.61. The third-order valence-corrected chi connectivity index (χ3v) is 5.20. The van der Waals surface area contributed by atoms with Gasteiger partial charge in [-0.05, 0) is 31.9 Å². The van der Waals surface area contributed by atoms with Crippen LogP contribution in [0.5, 0.6) is 0 Å². The molecule has 2 heterocycles. The maximum Gasteiger partial charge on any atom is 0.225 e. The van der Waals surface area contributed by atoms with Crippen LogP contribution in [0.4, 0.5) is 0 Å². The Balaban J connectivity index is 1.59. The van der Waals surface area contributed by atoms with E-state index < -0.39 is 5.54 Å². The average molecular weight is 319 g/mol. The van der Waals surface area contributed by atoms with E-state index in [0.29, 0.717) is 6.54 Å². The Morgan fingerprint density at radius 1 is 1.59 bits per heavy atom. The fourth-order valence-electron chi connectivity index (χ4n) is 2.99. The van der Waals surface area contributed by atoms with Crippen LogP contribution >= 0.6 is 11.3 Å². The van der Waals surface area contributed by atoms with Crippen LogP contribution < -0.4 is 11.1 Å². The first-order valence-corrected chi connectivity index (χ1v) is 8.49. The molecule has 1 amide bonds. The highest BCUT2D eigenvalue weighted by atomic mass is 32.1. The summed E-state index contributed by atoms with van der Waals surface area (Å²) in [7, 11) is 0. The highest BCUT2D eigenvalue weighted by molar-refractivity contribution is 7.13. The summed E-state index contributed by atoms with van der Waals surface area (Å²) in [5.41, 5.74) is 6.72. The predicted octanol–water partition coefficient (Wildman–Crippen LogP) is 2.93. The molecule has 1 fully saturated rings. The van der Waals surface area contributed by atoms with Crippen molar-refractivity contribution in [2.45, 2.75) is 44.7 Å². The van der Waals surface area contributed by atoms with E-state index in [1.807, 2.05) is 24.4 Å². The lowest BCUT2D eigenvalue weighted by molar-refractivity contribution is -0.128. The van der Waals surface area contributed by atoms with Gasteiger partial charge in [0.15, 0.2) is 10.8 Å². The van der Waals surface area contributed by atoms with Gasteiger partial charge >= 0.3 is 0 Å². The van der Waals surface area contributed by atoms with Crippen molar-refractivity contribution in [3.63, 3.8) is 0 Å². The van der Waals surface area contributed by atoms with E-state index in [-0.39, 0.29) is 11.8 Å². The fraction of sp³-hybridized carbons (Fsp3) is 0.500. The van der Waals surface area contributed by atoms with Crippen LogP contribution in [0.3, 0.4) is 0 Å². The van der Waals surface area contributed by atoms with Crippen molar-refractivity contribution in [1.82, 2.24) is 10.3 Å². The third-order valence-electron chi connectivity index (χ3n) is 4.30. The molecule has 2 atom stereocenters. The number of nitrogens with one attached hydrogen (secondary N) is 1. The summed E-state index contributed by atoms with van der Waals surface area (Å²) in [6.07, 6.45) is 5.58. The molecule has 3 N–H and O–H groups in total. The smallest absolute Gasteiger partial charge is 0.225 e. The molecular weight excluding hydrogens is 298 g/mol. The van der Waals surface area contributed by atoms with E-state index >= 15 is 0 Å². The second-order valence-electron chi connectivity index (χ2n) is 6.14. The molecule has 0 bridgehead atoms. The summed E-state index contributed by atoms with van der Waals surface area (Å²) < 4.78 is 5.32. The maximum absolute atomic E-state index is 12.4. The van der Waals surface area contributed by atoms with E-state index in [2.05, 4.69) is 10.3 Å². The summed E-state index contributed by atoms with van der Waals surface area (Å²) >= 11 is 1.51. The number of hydrogen-bond donors (Lipinski definition) is 2. The number of hydrogen-bond acceptors (Lipinski definition) is 5. The minimum Gasteiger partial charge on any atom is -0.462 e. The van der Waals surface area contributed by atoms with Gasteiger partial charge in [-0.3, -0.25) is 4.79 Å². The average Bonchev–Trinajstić information content (AvgIpc) is 3.15. The van der Waals surface area contributed by atoms with Gasteiger partial charge in [-0.1, -0.05) is 12.8 Å². The summed E-state index contributed by atoms with van der Waals surface area (Å²) in [5.74, 6) is 0.686. The van der Waals surface area contributed by atoms with Crippen molar-refractivity contribution in [1.29, 1.82) is 0 Å². The van der Waals surface area contributed by atoms with Gasteiger partial charge in [-0.25, -0.2) is 4.98 Å². The van der Waals surface area contributed by atoms with Crippen molar-refractivity contribution in [3.05, 3.63) is 29.5 Å². The zero-order valence-electron chi connectivity index (χ0n) is 12.7. The third kappa shape index (κ3) is 3.23. The standard InChI is InChI=1S/C16H21N3O2S/c1-16(17)7-3-2-5-12(16)14(20)18-9-11-10-22-15(19-11)13-6-4-8-21-13/h4,6,8,10,12H,2-3,5,7,9,17H2,1H3,(H,18,20). The van der Waals surface area contributed by atoms with E-state index in [4.69, 9.17) is 10.2 Å². The van der Waals surface area contributed by atoms with Crippen LogP contribution in [0.25, 0.3) is 10.8 Å². The first kappa shape index (κ1) is 15.2. The molecule has 1 aliphatic rings. The van der Waals surface area contributed by atoms with E-state index in [1.54, 1.807) is 6.26 Å². The number of carbonyl (C=O) groups is 1. The highest BCUT2D eigenvalue weighted by Gasteiger charge is 2.37. The van der Waals surface area contributed by atoms with Crippen molar-refractivity contribution in [3.8, 4) is 10.8 Å². The van der Waals surface area contributed by atoms with Crippen LogP contribution in [0, 0.1) is 5.92 Å². The lowest BCUT2D eigenvalue weighted by atomic mass is 9.74. The van der Waals surface area contributed by atoms with E-state index in [0.717, 1.165) is 42.1 Å². The van der Waals surface area contributed by atoms with E-state index in [9.17, 15) is 4.79 Å². The summed E-state index contributed by atoms with van der Waals surface area (Å²) in [6.45, 7) is 2.41. The number of rotatable bonds is 4. The van der Waals surface area contributed by atoms with Gasteiger partial charge in [0.1, 0.15) is 0 Å². The van der Waals surface area contributed by atoms with Crippen LogP contribution in [-0.2, 0) is 11.3 Å². The fourth-order valence-corrected chi connectivity index (χ4v) is 3.78. The molecule has 22 heavy (non-hydrogen) atoms. The Kier molecular flexibility index (Phi) is 4.31. The van der Waals surface area contributed by atoms with Crippen molar-refractivity contribution in [2.24, 2.45) is 11.7 Å². The second-order valence-corrected chi connectivity index (χ2v) is 7.00. The van der Waals surface area contributed by atoms with Crippen LogP contribution in [0.1, 0.15) is 38.3 Å². The Bertz CT molecular complexity index is 634. The molecule has 2 aromatic heterocycles. The lowest BCUT2D eigenvalue weighted by Crippen LogP contribution is -2.52. The summed E-state index contributed by atoms with van der Waals surface area (Å²) in [4.78, 5) is 16.9. The molecule has 6 heteroatoms. The van der Waals surface area contributed by atoms with Gasteiger partial charge in [0.05, 0.1) is 24.4 Å². The highest BCUT2D eigenvalue weighted by Crippen LogP contribution is 2.31. The van der Waals surface area contributed by atoms with Gasteiger partial charge < -0.3 is 15.5 Å². The molecule has 3 rings (SSSR count). The minimum absolute atomic E-state index is 0.0391. The van der Waals surface area contributed by atoms with Gasteiger partial charge in [0.2, 0.25) is 5.91 Å². The predicted molar refractivity (Wildman–Crippen MR) is 86.2 cm³/mol. The van der Waals surface area contributed by atoms with Crippen LogP contribution in [0.2, 0.25) is 0 Å². The number of amides is 1. The largest absolute Gasteiger partial charge is 0.462 e. The number of furan rings is 1. The Hall–Kier alpha value is -1.66. The Morgan fingerprint density at radius 2 is 2.45 bits per heavy atom. The molecule has 5 nitrogen and oxygen atoms in total. The molecule has 0 spiro atoms. The topological polar surface area (TPSA) is 81.2 Å². The normalized spacial score (nSPS) is 25.1. The molecule has 0 aromatic carbocycles. The number of carbonyl (C=O) groups excluding carboxylic acids is 1. The zero-order valence-corrected chi connectivity index (χ0v) is 13.5.